The molecule has 9 heteroatoms. The summed E-state index contributed by atoms with van der Waals surface area (Å²) < 4.78 is 29.0. The van der Waals surface area contributed by atoms with Crippen molar-refractivity contribution in [1.29, 1.82) is 0 Å². The second-order valence-corrected chi connectivity index (χ2v) is 13.7. The maximum atomic E-state index is 13.8. The van der Waals surface area contributed by atoms with Crippen LogP contribution in [0.15, 0.2) is 65.8 Å². The number of fused-ring (bicyclic) bond motifs is 1. The van der Waals surface area contributed by atoms with Crippen molar-refractivity contribution >= 4 is 38.9 Å². The van der Waals surface area contributed by atoms with Gasteiger partial charge in [-0.15, -0.1) is 0 Å². The number of halogens is 1. The van der Waals surface area contributed by atoms with Gasteiger partial charge in [-0.05, 0) is 85.4 Å². The monoisotopic (exact) mass is 578 g/mol. The summed E-state index contributed by atoms with van der Waals surface area (Å²) >= 11 is 6.37. The molecular formula is C31H35ClN4O3S. The fourth-order valence-corrected chi connectivity index (χ4v) is 8.96. The first-order chi connectivity index (χ1) is 19.3. The number of sulfonamides is 1. The molecule has 1 amide bonds. The number of nitrogens with zero attached hydrogens (tertiary/aromatic N) is 4. The molecule has 0 atom stereocenters. The molecule has 2 aromatic carbocycles. The first-order valence-corrected chi connectivity index (χ1v) is 15.9. The number of rotatable bonds is 5. The number of hydrogen-bond donors (Lipinski definition) is 0. The molecule has 7 nitrogen and oxygen atoms in total. The second kappa shape index (κ2) is 10.7. The van der Waals surface area contributed by atoms with Gasteiger partial charge in [-0.1, -0.05) is 35.9 Å². The van der Waals surface area contributed by atoms with E-state index in [0.717, 1.165) is 69.4 Å². The molecule has 210 valence electrons. The molecule has 0 unspecified atom stereocenters. The number of aromatic nitrogens is 1. The number of aryl methyl sites for hydroxylation is 2. The Hall–Kier alpha value is -3.10. The quantitative estimate of drug-likeness (QED) is 0.414. The number of hydrogen-bond acceptors (Lipinski definition) is 5. The fourth-order valence-electron chi connectivity index (χ4n) is 6.64. The summed E-state index contributed by atoms with van der Waals surface area (Å²) in [5.74, 6) is 0.112. The molecule has 3 aromatic rings. The maximum absolute atomic E-state index is 13.8. The van der Waals surface area contributed by atoms with Gasteiger partial charge < -0.3 is 9.80 Å². The molecule has 0 radical (unpaired) electrons. The SMILES string of the molecule is Cc1cccc(Cl)c1S(=O)(=O)N1CCCc2ccc(CC(=O)N3CCC4(CCN(c5ccncc5)CC4)C3)cc21. The zero-order valence-corrected chi connectivity index (χ0v) is 24.4. The highest BCUT2D eigenvalue weighted by molar-refractivity contribution is 7.93. The molecule has 2 saturated heterocycles. The fraction of sp³-hybridized carbons (Fsp3) is 0.419. The molecule has 6 rings (SSSR count). The smallest absolute Gasteiger partial charge is 0.266 e. The number of amides is 1. The van der Waals surface area contributed by atoms with Gasteiger partial charge in [0, 0.05) is 50.8 Å². The Balaban J connectivity index is 1.15. The summed E-state index contributed by atoms with van der Waals surface area (Å²) in [5, 5.41) is 0.230. The first kappa shape index (κ1) is 27.1. The molecule has 3 aliphatic heterocycles. The van der Waals surface area contributed by atoms with Gasteiger partial charge >= 0.3 is 0 Å². The molecule has 0 saturated carbocycles. The predicted molar refractivity (Wildman–Crippen MR) is 159 cm³/mol. The number of piperidine rings is 1. The van der Waals surface area contributed by atoms with E-state index in [1.165, 1.54) is 9.99 Å². The van der Waals surface area contributed by atoms with Gasteiger partial charge in [0.2, 0.25) is 5.91 Å². The summed E-state index contributed by atoms with van der Waals surface area (Å²) in [5.41, 5.74) is 4.51. The lowest BCUT2D eigenvalue weighted by Gasteiger charge is -2.40. The average molecular weight is 579 g/mol. The third-order valence-electron chi connectivity index (χ3n) is 8.94. The van der Waals surface area contributed by atoms with Crippen molar-refractivity contribution in [1.82, 2.24) is 9.88 Å². The molecule has 1 spiro atoms. The van der Waals surface area contributed by atoms with E-state index in [4.69, 9.17) is 11.6 Å². The molecule has 0 aliphatic carbocycles. The maximum Gasteiger partial charge on any atom is 0.266 e. The van der Waals surface area contributed by atoms with Crippen LogP contribution in [0, 0.1) is 12.3 Å². The van der Waals surface area contributed by atoms with Crippen LogP contribution < -0.4 is 9.21 Å². The summed E-state index contributed by atoms with van der Waals surface area (Å²) in [6.45, 7) is 5.73. The molecule has 4 heterocycles. The number of benzene rings is 2. The van der Waals surface area contributed by atoms with E-state index in [1.54, 1.807) is 25.1 Å². The van der Waals surface area contributed by atoms with E-state index in [0.29, 0.717) is 17.8 Å². The Kier molecular flexibility index (Phi) is 7.25. The highest BCUT2D eigenvalue weighted by atomic mass is 35.5. The topological polar surface area (TPSA) is 73.8 Å². The van der Waals surface area contributed by atoms with Gasteiger partial charge in [-0.25, -0.2) is 8.42 Å². The molecule has 3 aliphatic rings. The Morgan fingerprint density at radius 2 is 1.75 bits per heavy atom. The molecule has 0 N–H and O–H groups in total. The zero-order valence-electron chi connectivity index (χ0n) is 22.9. The van der Waals surface area contributed by atoms with E-state index < -0.39 is 10.0 Å². The van der Waals surface area contributed by atoms with Crippen molar-refractivity contribution in [3.8, 4) is 0 Å². The van der Waals surface area contributed by atoms with Crippen LogP contribution in [-0.4, -0.2) is 56.9 Å². The van der Waals surface area contributed by atoms with Crippen LogP contribution >= 0.6 is 11.6 Å². The average Bonchev–Trinajstić information content (AvgIpc) is 3.37. The van der Waals surface area contributed by atoms with Gasteiger partial charge in [0.25, 0.3) is 10.0 Å². The Labute approximate surface area is 241 Å². The van der Waals surface area contributed by atoms with Crippen molar-refractivity contribution in [2.75, 3.05) is 41.9 Å². The highest BCUT2D eigenvalue weighted by Gasteiger charge is 2.42. The summed E-state index contributed by atoms with van der Waals surface area (Å²) in [7, 11) is -3.84. The van der Waals surface area contributed by atoms with Crippen molar-refractivity contribution in [3.63, 3.8) is 0 Å². The number of anilines is 2. The van der Waals surface area contributed by atoms with Gasteiger partial charge in [0.15, 0.2) is 0 Å². The first-order valence-electron chi connectivity index (χ1n) is 14.1. The number of carbonyl (C=O) groups excluding carboxylic acids is 1. The lowest BCUT2D eigenvalue weighted by Crippen LogP contribution is -2.42. The Morgan fingerprint density at radius 3 is 2.50 bits per heavy atom. The van der Waals surface area contributed by atoms with E-state index in [9.17, 15) is 13.2 Å². The summed E-state index contributed by atoms with van der Waals surface area (Å²) in [6.07, 6.45) is 8.68. The van der Waals surface area contributed by atoms with Gasteiger partial charge in [-0.3, -0.25) is 14.1 Å². The van der Waals surface area contributed by atoms with Crippen molar-refractivity contribution in [3.05, 3.63) is 82.6 Å². The highest BCUT2D eigenvalue weighted by Crippen LogP contribution is 2.42. The standard InChI is InChI=1S/C31H35ClN4O3S/c1-23-4-2-6-27(32)30(23)40(38,39)36-16-3-5-25-8-7-24(20-28(25)36)21-29(37)35-19-13-31(22-35)11-17-34(18-12-31)26-9-14-33-15-10-26/h2,4,6-10,14-15,20H,3,5,11-13,16-19,21-22H2,1H3. The lowest BCUT2D eigenvalue weighted by molar-refractivity contribution is -0.129. The second-order valence-electron chi connectivity index (χ2n) is 11.5. The van der Waals surface area contributed by atoms with Crippen LogP contribution in [-0.2, 0) is 27.7 Å². The van der Waals surface area contributed by atoms with Gasteiger partial charge in [0.1, 0.15) is 4.90 Å². The van der Waals surface area contributed by atoms with Crippen LogP contribution in [0.3, 0.4) is 0 Å². The van der Waals surface area contributed by atoms with Crippen molar-refractivity contribution in [2.45, 2.75) is 50.3 Å². The Morgan fingerprint density at radius 1 is 1.00 bits per heavy atom. The molecule has 2 fully saturated rings. The van der Waals surface area contributed by atoms with E-state index in [-0.39, 0.29) is 27.7 Å². The van der Waals surface area contributed by atoms with Gasteiger partial charge in [0.05, 0.1) is 17.1 Å². The molecule has 0 bridgehead atoms. The summed E-state index contributed by atoms with van der Waals surface area (Å²) in [4.78, 5) is 22.2. The minimum atomic E-state index is -3.84. The minimum absolute atomic E-state index is 0.112. The van der Waals surface area contributed by atoms with Crippen LogP contribution in [0.4, 0.5) is 11.4 Å². The Bertz CT molecular complexity index is 1500. The molecule has 40 heavy (non-hydrogen) atoms. The van der Waals surface area contributed by atoms with Crippen LogP contribution in [0.5, 0.6) is 0 Å². The zero-order chi connectivity index (χ0) is 27.9. The number of pyridine rings is 1. The van der Waals surface area contributed by atoms with E-state index in [2.05, 4.69) is 22.0 Å². The van der Waals surface area contributed by atoms with Crippen molar-refractivity contribution < 1.29 is 13.2 Å². The van der Waals surface area contributed by atoms with Crippen LogP contribution in [0.1, 0.15) is 42.4 Å². The van der Waals surface area contributed by atoms with Crippen LogP contribution in [0.25, 0.3) is 0 Å². The normalized spacial score (nSPS) is 18.7. The third kappa shape index (κ3) is 5.07. The number of carbonyl (C=O) groups is 1. The number of likely N-dealkylation sites (tertiary alicyclic amines) is 1. The third-order valence-corrected chi connectivity index (χ3v) is 11.4. The lowest BCUT2D eigenvalue weighted by atomic mass is 9.77. The van der Waals surface area contributed by atoms with Crippen molar-refractivity contribution in [2.24, 2.45) is 5.41 Å². The minimum Gasteiger partial charge on any atom is -0.371 e. The molecule has 1 aromatic heterocycles. The van der Waals surface area contributed by atoms with E-state index in [1.807, 2.05) is 35.5 Å². The van der Waals surface area contributed by atoms with Gasteiger partial charge in [-0.2, -0.15) is 0 Å². The van der Waals surface area contributed by atoms with Crippen LogP contribution in [0.2, 0.25) is 5.02 Å². The predicted octanol–water partition coefficient (Wildman–Crippen LogP) is 5.25. The summed E-state index contributed by atoms with van der Waals surface area (Å²) in [6, 6.07) is 15.1. The van der Waals surface area contributed by atoms with E-state index >= 15 is 0 Å². The largest absolute Gasteiger partial charge is 0.371 e. The molecular weight excluding hydrogens is 544 g/mol.